The molecule has 1 aromatic rings. The molecule has 1 unspecified atom stereocenters. The van der Waals surface area contributed by atoms with Crippen molar-refractivity contribution in [1.82, 2.24) is 4.98 Å². The predicted octanol–water partition coefficient (Wildman–Crippen LogP) is 2.36. The van der Waals surface area contributed by atoms with E-state index in [-0.39, 0.29) is 12.7 Å². The van der Waals surface area contributed by atoms with Gasteiger partial charge in [-0.15, -0.1) is 11.3 Å². The van der Waals surface area contributed by atoms with Crippen LogP contribution in [0.25, 0.3) is 0 Å². The van der Waals surface area contributed by atoms with Crippen molar-refractivity contribution in [3.05, 3.63) is 15.6 Å². The highest BCUT2D eigenvalue weighted by Gasteiger charge is 2.31. The first-order valence-corrected chi connectivity index (χ1v) is 6.42. The zero-order chi connectivity index (χ0) is 10.3. The Morgan fingerprint density at radius 1 is 1.40 bits per heavy atom. The Hall–Kier alpha value is -0.450. The van der Waals surface area contributed by atoms with E-state index in [2.05, 4.69) is 4.98 Å². The molecule has 1 atom stereocenters. The van der Waals surface area contributed by atoms with Gasteiger partial charge in [0.25, 0.3) is 0 Å². The quantitative estimate of drug-likeness (QED) is 0.858. The van der Waals surface area contributed by atoms with Gasteiger partial charge in [-0.3, -0.25) is 0 Å². The van der Waals surface area contributed by atoms with Crippen LogP contribution in [0.3, 0.4) is 0 Å². The number of nitrogens with zero attached hydrogens (tertiary/aromatic N) is 1. The number of aliphatic hydroxyl groups excluding tert-OH is 1. The van der Waals surface area contributed by atoms with E-state index in [1.807, 2.05) is 0 Å². The van der Waals surface area contributed by atoms with Gasteiger partial charge in [0.2, 0.25) is 0 Å². The van der Waals surface area contributed by atoms with E-state index in [1.54, 1.807) is 11.3 Å². The molecule has 0 spiro atoms. The lowest BCUT2D eigenvalue weighted by Crippen LogP contribution is -1.95. The van der Waals surface area contributed by atoms with Crippen LogP contribution in [-0.2, 0) is 11.3 Å². The zero-order valence-corrected chi connectivity index (χ0v) is 9.42. The van der Waals surface area contributed by atoms with Crippen LogP contribution in [0.2, 0.25) is 0 Å². The molecule has 2 fully saturated rings. The maximum Gasteiger partial charge on any atom is 0.122 e. The summed E-state index contributed by atoms with van der Waals surface area (Å²) in [5, 5.41) is 10.4. The average Bonchev–Trinajstić information content (AvgIpc) is 2.83. The lowest BCUT2D eigenvalue weighted by atomic mass is 10.2. The Bertz CT molecular complexity index is 353. The van der Waals surface area contributed by atoms with Crippen LogP contribution < -0.4 is 0 Å². The lowest BCUT2D eigenvalue weighted by molar-refractivity contribution is 0.111. The van der Waals surface area contributed by atoms with E-state index in [4.69, 9.17) is 4.74 Å². The highest BCUT2D eigenvalue weighted by atomic mass is 32.1. The summed E-state index contributed by atoms with van der Waals surface area (Å²) < 4.78 is 5.62. The summed E-state index contributed by atoms with van der Waals surface area (Å²) in [4.78, 5) is 5.72. The number of aliphatic hydroxyl groups is 1. The van der Waals surface area contributed by atoms with Gasteiger partial charge in [0.15, 0.2) is 0 Å². The van der Waals surface area contributed by atoms with Crippen molar-refractivity contribution in [2.75, 3.05) is 6.61 Å². The van der Waals surface area contributed by atoms with E-state index in [0.29, 0.717) is 5.92 Å². The molecule has 0 aromatic carbocycles. The van der Waals surface area contributed by atoms with E-state index < -0.39 is 0 Å². The van der Waals surface area contributed by atoms with Gasteiger partial charge in [0.05, 0.1) is 17.2 Å². The molecule has 3 rings (SSSR count). The molecular weight excluding hydrogens is 210 g/mol. The Balaban J connectivity index is 1.88. The SMILES string of the molecule is OCc1sc(C2CCCO2)nc1C1CC1. The molecular formula is C11H15NO2S. The molecule has 0 amide bonds. The minimum Gasteiger partial charge on any atom is -0.391 e. The molecule has 15 heavy (non-hydrogen) atoms. The van der Waals surface area contributed by atoms with Crippen LogP contribution in [0.15, 0.2) is 0 Å². The second-order valence-corrected chi connectivity index (χ2v) is 5.41. The largest absolute Gasteiger partial charge is 0.391 e. The molecule has 1 aliphatic carbocycles. The maximum atomic E-state index is 9.28. The summed E-state index contributed by atoms with van der Waals surface area (Å²) >= 11 is 1.64. The smallest absolute Gasteiger partial charge is 0.122 e. The average molecular weight is 225 g/mol. The summed E-state index contributed by atoms with van der Waals surface area (Å²) in [5.74, 6) is 0.624. The molecule has 1 saturated carbocycles. The van der Waals surface area contributed by atoms with Gasteiger partial charge in [-0.05, 0) is 25.7 Å². The first kappa shape index (κ1) is 9.75. The molecule has 4 heteroatoms. The molecule has 82 valence electrons. The van der Waals surface area contributed by atoms with Crippen molar-refractivity contribution in [3.8, 4) is 0 Å². The van der Waals surface area contributed by atoms with Crippen molar-refractivity contribution in [1.29, 1.82) is 0 Å². The fraction of sp³-hybridized carbons (Fsp3) is 0.727. The van der Waals surface area contributed by atoms with Crippen molar-refractivity contribution in [2.45, 2.75) is 44.3 Å². The van der Waals surface area contributed by atoms with Gasteiger partial charge in [-0.1, -0.05) is 0 Å². The van der Waals surface area contributed by atoms with Crippen molar-refractivity contribution < 1.29 is 9.84 Å². The minimum absolute atomic E-state index is 0.135. The highest BCUT2D eigenvalue weighted by Crippen LogP contribution is 2.44. The molecule has 1 aromatic heterocycles. The molecule has 1 aliphatic heterocycles. The zero-order valence-electron chi connectivity index (χ0n) is 8.61. The number of ether oxygens (including phenoxy) is 1. The molecule has 1 saturated heterocycles. The Kier molecular flexibility index (Phi) is 2.50. The summed E-state index contributed by atoms with van der Waals surface area (Å²) in [6.07, 6.45) is 4.90. The predicted molar refractivity (Wildman–Crippen MR) is 57.9 cm³/mol. The summed E-state index contributed by atoms with van der Waals surface area (Å²) in [5.41, 5.74) is 1.15. The number of hydrogen-bond donors (Lipinski definition) is 1. The standard InChI is InChI=1S/C11H15NO2S/c13-6-9-10(7-3-4-7)12-11(15-9)8-2-1-5-14-8/h7-8,13H,1-6H2. The van der Waals surface area contributed by atoms with Gasteiger partial charge in [-0.2, -0.15) is 0 Å². The van der Waals surface area contributed by atoms with Crippen molar-refractivity contribution in [3.63, 3.8) is 0 Å². The minimum atomic E-state index is 0.135. The first-order valence-electron chi connectivity index (χ1n) is 5.60. The topological polar surface area (TPSA) is 42.4 Å². The van der Waals surface area contributed by atoms with Crippen LogP contribution in [0.1, 0.15) is 53.3 Å². The third-order valence-electron chi connectivity index (χ3n) is 3.06. The molecule has 0 bridgehead atoms. The Morgan fingerprint density at radius 2 is 2.27 bits per heavy atom. The van der Waals surface area contributed by atoms with Crippen LogP contribution in [0, 0.1) is 0 Å². The van der Waals surface area contributed by atoms with Crippen LogP contribution in [-0.4, -0.2) is 16.7 Å². The lowest BCUT2D eigenvalue weighted by Gasteiger charge is -2.03. The van der Waals surface area contributed by atoms with Gasteiger partial charge in [-0.25, -0.2) is 4.98 Å². The van der Waals surface area contributed by atoms with Crippen LogP contribution in [0.4, 0.5) is 0 Å². The monoisotopic (exact) mass is 225 g/mol. The summed E-state index contributed by atoms with van der Waals surface area (Å²) in [6.45, 7) is 0.994. The van der Waals surface area contributed by atoms with E-state index in [1.165, 1.54) is 12.8 Å². The van der Waals surface area contributed by atoms with Gasteiger partial charge in [0, 0.05) is 12.5 Å². The van der Waals surface area contributed by atoms with E-state index >= 15 is 0 Å². The summed E-state index contributed by atoms with van der Waals surface area (Å²) in [6, 6.07) is 0. The number of hydrogen-bond acceptors (Lipinski definition) is 4. The highest BCUT2D eigenvalue weighted by molar-refractivity contribution is 7.11. The Morgan fingerprint density at radius 3 is 2.87 bits per heavy atom. The fourth-order valence-corrected chi connectivity index (χ4v) is 3.18. The molecule has 0 radical (unpaired) electrons. The summed E-state index contributed by atoms with van der Waals surface area (Å²) in [7, 11) is 0. The van der Waals surface area contributed by atoms with Crippen molar-refractivity contribution >= 4 is 11.3 Å². The van der Waals surface area contributed by atoms with Gasteiger partial charge in [0.1, 0.15) is 11.1 Å². The molecule has 1 N–H and O–H groups in total. The van der Waals surface area contributed by atoms with E-state index in [0.717, 1.165) is 35.0 Å². The van der Waals surface area contributed by atoms with Crippen LogP contribution >= 0.6 is 11.3 Å². The maximum absolute atomic E-state index is 9.28. The number of thiazole rings is 1. The second-order valence-electron chi connectivity index (χ2n) is 4.29. The van der Waals surface area contributed by atoms with Gasteiger partial charge < -0.3 is 9.84 Å². The fourth-order valence-electron chi connectivity index (χ4n) is 2.08. The second kappa shape index (κ2) is 3.85. The third-order valence-corrected chi connectivity index (χ3v) is 4.20. The molecule has 3 nitrogen and oxygen atoms in total. The number of rotatable bonds is 3. The Labute approximate surface area is 93.1 Å². The van der Waals surface area contributed by atoms with Gasteiger partial charge >= 0.3 is 0 Å². The third kappa shape index (κ3) is 1.82. The first-order chi connectivity index (χ1) is 7.38. The normalized spacial score (nSPS) is 26.1. The number of aromatic nitrogens is 1. The van der Waals surface area contributed by atoms with Crippen molar-refractivity contribution in [2.24, 2.45) is 0 Å². The molecule has 2 heterocycles. The van der Waals surface area contributed by atoms with E-state index in [9.17, 15) is 5.11 Å². The molecule has 2 aliphatic rings. The van der Waals surface area contributed by atoms with Crippen LogP contribution in [0.5, 0.6) is 0 Å².